The van der Waals surface area contributed by atoms with Crippen LogP contribution in [0.25, 0.3) is 55.2 Å². The highest BCUT2D eigenvalue weighted by atomic mass is 33.4. The smallest absolute Gasteiger partial charge is 0.411 e. The zero-order valence-electron chi connectivity index (χ0n) is 60.0. The van der Waals surface area contributed by atoms with Crippen molar-refractivity contribution in [2.75, 3.05) is 0 Å². The fourth-order valence-electron chi connectivity index (χ4n) is 12.3. The molecule has 4 aliphatic rings. The summed E-state index contributed by atoms with van der Waals surface area (Å²) in [4.78, 5) is 108. The van der Waals surface area contributed by atoms with E-state index in [4.69, 9.17) is 9.84 Å². The van der Waals surface area contributed by atoms with Crippen LogP contribution in [-0.4, -0.2) is 125 Å². The molecule has 1 N–H and O–H groups in total. The Balaban J connectivity index is 0.000000193. The standard InChI is InChI=1S/C33H32FN5O3.C22H28FNO3.C16H14N4O3.S9.S8/c1-19(22-7-5-4-6-8-22)27(34)10-12-31(41)30-15-24-14-29(24)39(30)32(42)18-38-28-11-9-23(25-16-35-21(3)36-17-25)13-26(28)33(37-38)20(2)40;1-14(15-8-6-5-7-9-15)17(23)10-11-20(25)19-13-16-12-18(16)24(19)21(26)27-22(2,3)4;1-9(21)16-13-5-11(12-6-17-10(2)18-7-12)3-4-14(13)20(19-16)8-15(22)23;1-3-5-7-9-8-6-4-2;1-3-5-7-8-6-4-2/h4-9,11,13,16-17,24,29-30H,10,12,14-15,18H2,1-3H3;5-9,16,18-19H,10-13H2,1-4H3;3-7H,8H2,1-2H3,(H,22,23);;/b27-19-;17-14-;;;/t24-,29-,30+;16-,18-,19+;;;/m11.../s1. The number of carbonyl (C=O) groups is 7. The van der Waals surface area contributed by atoms with Crippen molar-refractivity contribution >= 4 is 234 Å². The number of likely N-dealkylation sites (tertiary alicyclic amines) is 2. The highest BCUT2D eigenvalue weighted by molar-refractivity contribution is 8.72. The maximum absolute atomic E-state index is 14.9. The van der Waals surface area contributed by atoms with E-state index in [2.05, 4.69) is 74.9 Å². The van der Waals surface area contributed by atoms with Gasteiger partial charge in [0.05, 0.1) is 23.1 Å². The van der Waals surface area contributed by atoms with Gasteiger partial charge in [-0.15, -0.1) is 0 Å². The molecule has 8 aromatic rings. The van der Waals surface area contributed by atoms with Gasteiger partial charge < -0.3 is 14.7 Å². The van der Waals surface area contributed by atoms with Gasteiger partial charge in [0.1, 0.15) is 53.4 Å². The number of rotatable bonds is 18. The van der Waals surface area contributed by atoms with Gasteiger partial charge in [0.15, 0.2) is 23.1 Å². The lowest BCUT2D eigenvalue weighted by Gasteiger charge is -2.29. The van der Waals surface area contributed by atoms with E-state index in [0.717, 1.165) is 46.2 Å². The summed E-state index contributed by atoms with van der Waals surface area (Å²) >= 11 is 18.5. The van der Waals surface area contributed by atoms with Crippen LogP contribution >= 0.6 is 0 Å². The highest BCUT2D eigenvalue weighted by Crippen LogP contribution is 2.50. The van der Waals surface area contributed by atoms with Crippen molar-refractivity contribution in [2.24, 2.45) is 11.8 Å². The molecule has 6 atom stereocenters. The molecule has 578 valence electrons. The van der Waals surface area contributed by atoms with Gasteiger partial charge in [-0.3, -0.25) is 43.0 Å². The summed E-state index contributed by atoms with van der Waals surface area (Å²) in [6.07, 6.45) is 9.74. The summed E-state index contributed by atoms with van der Waals surface area (Å²) in [5, 5.41) is 18.9. The molecule has 2 saturated carbocycles. The number of hydrogen-bond acceptors (Lipinski definition) is 18. The van der Waals surface area contributed by atoms with Crippen LogP contribution in [0.2, 0.25) is 0 Å². The minimum absolute atomic E-state index is 0.00749. The Labute approximate surface area is 686 Å². The number of Topliss-reactive ketones (excluding diaryl/α,β-unsaturated/α-hetero) is 4. The van der Waals surface area contributed by atoms with Crippen LogP contribution in [-0.2, 0) is 197 Å². The molecule has 4 aromatic heterocycles. The van der Waals surface area contributed by atoms with Gasteiger partial charge in [-0.25, -0.2) is 33.5 Å². The third-order valence-electron chi connectivity index (χ3n) is 17.5. The lowest BCUT2D eigenvalue weighted by molar-refractivity contribution is -0.139. The number of carboxylic acid groups (broad SMARTS) is 1. The van der Waals surface area contributed by atoms with E-state index in [-0.39, 0.29) is 103 Å². The Hall–Kier alpha value is -6.05. The summed E-state index contributed by atoms with van der Waals surface area (Å²) in [5.74, 6) is -0.412. The molecule has 2 saturated heterocycles. The zero-order chi connectivity index (χ0) is 79.1. The van der Waals surface area contributed by atoms with Crippen molar-refractivity contribution < 1.29 is 52.2 Å². The molecule has 6 heterocycles. The van der Waals surface area contributed by atoms with E-state index in [9.17, 15) is 42.3 Å². The second kappa shape index (κ2) is 43.3. The SMILES string of the molecule is C/C(=C(/F)CCC(=O)[C@@H]1C[C@H]2C[C@H]2N1C(=O)OC(C)(C)C)c1ccccc1.CC(=O)c1nn(CC(=O)N2[C@@H]3C[C@@H]3C[C@H]2C(=O)CC/C(F)=C(\C)c2ccccc2)c2ccc(-c3cnc(C)nc3)cc12.CC(=O)c1nn(CC(=O)O)c2ccc(-c3cnc(C)nc3)cc12.S=S=S=S=S=S=S=S.S=S=S=S=S=S=S=S=S. The number of aromatic nitrogens is 8. The molecule has 12 rings (SSSR count). The number of amides is 2. The van der Waals surface area contributed by atoms with Gasteiger partial charge in [-0.05, 0) is 144 Å². The van der Waals surface area contributed by atoms with E-state index < -0.39 is 29.7 Å². The molecule has 2 aliphatic carbocycles. The zero-order valence-corrected chi connectivity index (χ0v) is 73.8. The van der Waals surface area contributed by atoms with Crippen LogP contribution in [0, 0.1) is 25.7 Å². The molecule has 4 aromatic carbocycles. The molecular weight excluding hydrogens is 1720 g/mol. The number of allylic oxidation sites excluding steroid dienone is 4. The summed E-state index contributed by atoms with van der Waals surface area (Å²) in [5.41, 5.74) is 7.20. The number of nitrogens with zero attached hydrogens (tertiary/aromatic N) is 10. The normalized spacial score (nSPS) is 17.2. The maximum atomic E-state index is 14.9. The van der Waals surface area contributed by atoms with E-state index in [1.807, 2.05) is 119 Å². The van der Waals surface area contributed by atoms with E-state index >= 15 is 0 Å². The van der Waals surface area contributed by atoms with Crippen LogP contribution < -0.4 is 0 Å². The molecule has 2 amide bonds. The van der Waals surface area contributed by atoms with Crippen molar-refractivity contribution in [2.45, 2.75) is 157 Å². The van der Waals surface area contributed by atoms with Gasteiger partial charge in [0.25, 0.3) is 0 Å². The number of halogens is 2. The van der Waals surface area contributed by atoms with E-state index in [0.29, 0.717) is 69.3 Å². The molecule has 0 bridgehead atoms. The van der Waals surface area contributed by atoms with Crippen LogP contribution in [0.3, 0.4) is 0 Å². The van der Waals surface area contributed by atoms with Crippen LogP contribution in [0.1, 0.15) is 144 Å². The molecule has 19 nitrogen and oxygen atoms in total. The third-order valence-corrected chi connectivity index (χ3v) is 42.0. The Morgan fingerprint density at radius 2 is 0.862 bits per heavy atom. The lowest BCUT2D eigenvalue weighted by Crippen LogP contribution is -2.45. The average Bonchev–Trinajstić information content (AvgIpc) is 1.59. The number of ether oxygens (including phenoxy) is 1. The molecule has 4 fully saturated rings. The minimum atomic E-state index is -1.01. The second-order valence-corrected chi connectivity index (χ2v) is 48.9. The molecule has 109 heavy (non-hydrogen) atoms. The molecule has 0 unspecified atom stereocenters. The first-order valence-corrected chi connectivity index (χ1v) is 53.4. The van der Waals surface area contributed by atoms with Crippen molar-refractivity contribution in [1.82, 2.24) is 49.3 Å². The number of hydrogen-bond donors (Lipinski definition) is 1. The minimum Gasteiger partial charge on any atom is -0.480 e. The van der Waals surface area contributed by atoms with Crippen molar-refractivity contribution in [3.05, 3.63) is 168 Å². The molecular formula is C71H74F2N10O9S17. The van der Waals surface area contributed by atoms with Gasteiger partial charge in [0, 0.05) is 258 Å². The highest BCUT2D eigenvalue weighted by Gasteiger charge is 2.57. The Morgan fingerprint density at radius 3 is 1.23 bits per heavy atom. The Bertz CT molecular complexity index is 5420. The van der Waals surface area contributed by atoms with E-state index in [1.165, 1.54) is 54.1 Å². The first-order chi connectivity index (χ1) is 52.2. The largest absolute Gasteiger partial charge is 0.480 e. The molecule has 2 aliphatic heterocycles. The van der Waals surface area contributed by atoms with Crippen molar-refractivity contribution in [3.8, 4) is 22.3 Å². The number of aryl methyl sites for hydroxylation is 2. The van der Waals surface area contributed by atoms with Crippen LogP contribution in [0.4, 0.5) is 13.6 Å². The summed E-state index contributed by atoms with van der Waals surface area (Å²) < 4.78 is 37.8. The first kappa shape index (κ1) is 88.5. The Morgan fingerprint density at radius 1 is 0.495 bits per heavy atom. The number of piperidine rings is 2. The number of ketones is 4. The fraction of sp³-hybridized carbons (Fsp3) is 0.366. The van der Waals surface area contributed by atoms with Crippen LogP contribution in [0.15, 0.2) is 134 Å². The average molecular weight is 1790 g/mol. The van der Waals surface area contributed by atoms with Gasteiger partial charge in [0.2, 0.25) is 5.91 Å². The summed E-state index contributed by atoms with van der Waals surface area (Å²) in [6.45, 7) is 15.0. The van der Waals surface area contributed by atoms with Crippen molar-refractivity contribution in [1.29, 1.82) is 0 Å². The molecule has 38 heteroatoms. The quantitative estimate of drug-likeness (QED) is 0.0785. The first-order valence-electron chi connectivity index (χ1n) is 33.4. The maximum Gasteiger partial charge on any atom is 0.411 e. The van der Waals surface area contributed by atoms with Crippen molar-refractivity contribution in [3.63, 3.8) is 0 Å². The molecule has 0 spiro atoms. The van der Waals surface area contributed by atoms with Gasteiger partial charge >= 0.3 is 12.1 Å². The second-order valence-electron chi connectivity index (χ2n) is 25.9. The number of fused-ring (bicyclic) bond motifs is 4. The van der Waals surface area contributed by atoms with Gasteiger partial charge in [-0.1, -0.05) is 72.8 Å². The Kier molecular flexibility index (Phi) is 35.1. The lowest BCUT2D eigenvalue weighted by atomic mass is 10.00. The molecule has 0 radical (unpaired) electrons. The fourth-order valence-corrected chi connectivity index (χ4v) is 37.0. The monoisotopic (exact) mass is 1790 g/mol. The number of carboxylic acids is 1. The van der Waals surface area contributed by atoms with E-state index in [1.54, 1.807) is 146 Å². The van der Waals surface area contributed by atoms with Gasteiger partial charge in [-0.2, -0.15) is 10.2 Å². The number of carbonyl (C=O) groups excluding carboxylic acids is 6. The predicted octanol–water partition coefficient (Wildman–Crippen LogP) is 12.9. The summed E-state index contributed by atoms with van der Waals surface area (Å²) in [7, 11) is 20.0. The predicted molar refractivity (Wildman–Crippen MR) is 468 cm³/mol. The number of aliphatic carboxylic acids is 1. The van der Waals surface area contributed by atoms with Crippen LogP contribution in [0.5, 0.6) is 0 Å². The summed E-state index contributed by atoms with van der Waals surface area (Å²) in [6, 6.07) is 28.7. The number of benzene rings is 4. The third kappa shape index (κ3) is 26.0. The topological polar surface area (TPSA) is 243 Å².